The highest BCUT2D eigenvalue weighted by Gasteiger charge is 2.31. The van der Waals surface area contributed by atoms with Gasteiger partial charge in [0.25, 0.3) is 0 Å². The number of benzene rings is 2. The second kappa shape index (κ2) is 8.46. The molecule has 8 heteroatoms. The van der Waals surface area contributed by atoms with Crippen molar-refractivity contribution in [3.8, 4) is 0 Å². The van der Waals surface area contributed by atoms with Crippen LogP contribution in [0.15, 0.2) is 30.3 Å². The van der Waals surface area contributed by atoms with E-state index in [1.165, 1.54) is 0 Å². The molecule has 2 aromatic carbocycles. The third-order valence-corrected chi connectivity index (χ3v) is 7.30. The second-order valence-electron chi connectivity index (χ2n) is 8.13. The Morgan fingerprint density at radius 1 is 1.03 bits per heavy atom. The van der Waals surface area contributed by atoms with Gasteiger partial charge in [-0.2, -0.15) is 0 Å². The Bertz CT molecular complexity index is 971. The molecule has 4 rings (SSSR count). The Hall–Kier alpha value is -1.66. The molecule has 2 aliphatic rings. The fraction of sp³-hybridized carbons (Fsp3) is 0.409. The van der Waals surface area contributed by atoms with E-state index in [4.69, 9.17) is 34.8 Å². The lowest BCUT2D eigenvalue weighted by Crippen LogP contribution is -2.55. The normalized spacial score (nSPS) is 21.7. The summed E-state index contributed by atoms with van der Waals surface area (Å²) in [5.41, 5.74) is 3.44. The van der Waals surface area contributed by atoms with E-state index in [-0.39, 0.29) is 6.03 Å². The average Bonchev–Trinajstić information content (AvgIpc) is 3.11. The molecular weight excluding hydrogens is 443 g/mol. The van der Waals surface area contributed by atoms with Gasteiger partial charge < -0.3 is 10.2 Å². The molecule has 2 aromatic rings. The highest BCUT2D eigenvalue weighted by molar-refractivity contribution is 6.44. The lowest BCUT2D eigenvalue weighted by molar-refractivity contribution is 0.170. The smallest absolute Gasteiger partial charge is 0.326 e. The van der Waals surface area contributed by atoms with Crippen LogP contribution >= 0.6 is 34.8 Å². The summed E-state index contributed by atoms with van der Waals surface area (Å²) >= 11 is 19.0. The Balaban J connectivity index is 1.60. The molecule has 0 radical (unpaired) electrons. The third-order valence-electron chi connectivity index (χ3n) is 6.18. The average molecular weight is 468 g/mol. The van der Waals surface area contributed by atoms with E-state index in [9.17, 15) is 4.79 Å². The SMILES string of the molecule is C[C@@H]1CN(c2cc3c(cc2Cl)CCN3C(=O)Nc2cccc(Cl)c2Cl)C[C@H](C)N1C. The predicted molar refractivity (Wildman–Crippen MR) is 127 cm³/mol. The van der Waals surface area contributed by atoms with E-state index in [2.05, 4.69) is 42.1 Å². The fourth-order valence-corrected chi connectivity index (χ4v) is 4.89. The number of halogens is 3. The van der Waals surface area contributed by atoms with Gasteiger partial charge in [0.15, 0.2) is 0 Å². The molecule has 0 saturated carbocycles. The van der Waals surface area contributed by atoms with Gasteiger partial charge in [-0.25, -0.2) is 4.79 Å². The Morgan fingerprint density at radius 3 is 2.43 bits per heavy atom. The molecule has 1 saturated heterocycles. The number of piperazine rings is 1. The van der Waals surface area contributed by atoms with Gasteiger partial charge in [-0.1, -0.05) is 40.9 Å². The van der Waals surface area contributed by atoms with Gasteiger partial charge in [0, 0.05) is 31.7 Å². The monoisotopic (exact) mass is 466 g/mol. The van der Waals surface area contributed by atoms with Crippen LogP contribution in [0.3, 0.4) is 0 Å². The molecule has 2 heterocycles. The number of nitrogens with one attached hydrogen (secondary N) is 1. The number of amides is 2. The van der Waals surface area contributed by atoms with Gasteiger partial charge in [0.05, 0.1) is 32.1 Å². The number of carbonyl (C=O) groups excluding carboxylic acids is 1. The van der Waals surface area contributed by atoms with Crippen molar-refractivity contribution >= 4 is 57.9 Å². The lowest BCUT2D eigenvalue weighted by atomic mass is 10.1. The van der Waals surface area contributed by atoms with E-state index < -0.39 is 0 Å². The van der Waals surface area contributed by atoms with Crippen LogP contribution in [0, 0.1) is 0 Å². The van der Waals surface area contributed by atoms with Crippen LogP contribution in [0.2, 0.25) is 15.1 Å². The summed E-state index contributed by atoms with van der Waals surface area (Å²) in [5, 5.41) is 4.36. The first-order valence-corrected chi connectivity index (χ1v) is 11.2. The van der Waals surface area contributed by atoms with Crippen LogP contribution in [0.4, 0.5) is 21.9 Å². The van der Waals surface area contributed by atoms with Gasteiger partial charge in [0.1, 0.15) is 0 Å². The molecule has 160 valence electrons. The van der Waals surface area contributed by atoms with E-state index >= 15 is 0 Å². The van der Waals surface area contributed by atoms with Gasteiger partial charge in [0.2, 0.25) is 0 Å². The van der Waals surface area contributed by atoms with Crippen molar-refractivity contribution in [1.29, 1.82) is 0 Å². The standard InChI is InChI=1S/C22H25Cl3N4O/c1-13-11-28(12-14(2)27(13)3)20-10-19-15(9-17(20)24)7-8-29(19)22(30)26-18-6-4-5-16(23)21(18)25/h4-6,9-10,13-14H,7-8,11-12H2,1-3H3,(H,26,30)/t13-,14+. The summed E-state index contributed by atoms with van der Waals surface area (Å²) in [4.78, 5) is 19.5. The Labute approximate surface area is 192 Å². The molecule has 0 aromatic heterocycles. The topological polar surface area (TPSA) is 38.8 Å². The molecule has 30 heavy (non-hydrogen) atoms. The van der Waals surface area contributed by atoms with Crippen molar-refractivity contribution < 1.29 is 4.79 Å². The number of carbonyl (C=O) groups is 1. The molecule has 2 atom stereocenters. The maximum absolute atomic E-state index is 13.0. The molecular formula is C22H25Cl3N4O. The fourth-order valence-electron chi connectivity index (χ4n) is 4.23. The number of hydrogen-bond donors (Lipinski definition) is 1. The van der Waals surface area contributed by atoms with Crippen molar-refractivity contribution in [1.82, 2.24) is 4.90 Å². The number of nitrogens with zero attached hydrogens (tertiary/aromatic N) is 3. The van der Waals surface area contributed by atoms with Crippen molar-refractivity contribution in [2.75, 3.05) is 41.8 Å². The first-order chi connectivity index (χ1) is 14.3. The predicted octanol–water partition coefficient (Wildman–Crippen LogP) is 5.77. The largest absolute Gasteiger partial charge is 0.367 e. The first-order valence-electron chi connectivity index (χ1n) is 10.1. The number of likely N-dealkylation sites (N-methyl/N-ethyl adjacent to an activating group) is 1. The molecule has 2 aliphatic heterocycles. The summed E-state index contributed by atoms with van der Waals surface area (Å²) in [6.07, 6.45) is 0.765. The molecule has 1 N–H and O–H groups in total. The summed E-state index contributed by atoms with van der Waals surface area (Å²) in [6, 6.07) is 9.85. The van der Waals surface area contributed by atoms with E-state index in [0.29, 0.717) is 34.4 Å². The van der Waals surface area contributed by atoms with Crippen LogP contribution < -0.4 is 15.1 Å². The summed E-state index contributed by atoms with van der Waals surface area (Å²) in [5.74, 6) is 0. The second-order valence-corrected chi connectivity index (χ2v) is 9.33. The first kappa shape index (κ1) is 21.6. The minimum Gasteiger partial charge on any atom is -0.367 e. The highest BCUT2D eigenvalue weighted by atomic mass is 35.5. The van der Waals surface area contributed by atoms with E-state index in [1.54, 1.807) is 23.1 Å². The van der Waals surface area contributed by atoms with Gasteiger partial charge in [-0.3, -0.25) is 9.80 Å². The number of anilines is 3. The summed E-state index contributed by atoms with van der Waals surface area (Å²) in [6.45, 7) is 6.82. The Kier molecular flexibility index (Phi) is 6.08. The zero-order valence-electron chi connectivity index (χ0n) is 17.3. The van der Waals surface area contributed by atoms with Crippen LogP contribution in [0.25, 0.3) is 0 Å². The summed E-state index contributed by atoms with van der Waals surface area (Å²) < 4.78 is 0. The van der Waals surface area contributed by atoms with Crippen molar-refractivity contribution in [3.63, 3.8) is 0 Å². The van der Waals surface area contributed by atoms with Crippen molar-refractivity contribution in [2.24, 2.45) is 0 Å². The van der Waals surface area contributed by atoms with Crippen LogP contribution in [-0.4, -0.2) is 49.7 Å². The maximum Gasteiger partial charge on any atom is 0.326 e. The molecule has 0 bridgehead atoms. The maximum atomic E-state index is 13.0. The van der Waals surface area contributed by atoms with Crippen LogP contribution in [0.1, 0.15) is 19.4 Å². The quantitative estimate of drug-likeness (QED) is 0.609. The van der Waals surface area contributed by atoms with Gasteiger partial charge >= 0.3 is 6.03 Å². The van der Waals surface area contributed by atoms with Crippen molar-refractivity contribution in [3.05, 3.63) is 51.0 Å². The minimum atomic E-state index is -0.230. The number of fused-ring (bicyclic) bond motifs is 1. The zero-order chi connectivity index (χ0) is 21.6. The molecule has 0 aliphatic carbocycles. The molecule has 0 spiro atoms. The highest BCUT2D eigenvalue weighted by Crippen LogP contribution is 2.39. The molecule has 1 fully saturated rings. The molecule has 2 amide bonds. The zero-order valence-corrected chi connectivity index (χ0v) is 19.5. The summed E-state index contributed by atoms with van der Waals surface area (Å²) in [7, 11) is 2.16. The number of urea groups is 1. The van der Waals surface area contributed by atoms with E-state index in [0.717, 1.165) is 41.5 Å². The van der Waals surface area contributed by atoms with Crippen molar-refractivity contribution in [2.45, 2.75) is 32.4 Å². The van der Waals surface area contributed by atoms with E-state index in [1.807, 2.05) is 6.07 Å². The van der Waals surface area contributed by atoms with Crippen LogP contribution in [-0.2, 0) is 6.42 Å². The molecule has 0 unspecified atom stereocenters. The minimum absolute atomic E-state index is 0.230. The van der Waals surface area contributed by atoms with Crippen LogP contribution in [0.5, 0.6) is 0 Å². The number of rotatable bonds is 2. The van der Waals surface area contributed by atoms with Gasteiger partial charge in [-0.05, 0) is 57.1 Å². The van der Waals surface area contributed by atoms with Gasteiger partial charge in [-0.15, -0.1) is 0 Å². The lowest BCUT2D eigenvalue weighted by Gasteiger charge is -2.44. The third kappa shape index (κ3) is 3.96. The number of hydrogen-bond acceptors (Lipinski definition) is 3. The molecule has 5 nitrogen and oxygen atoms in total. The Morgan fingerprint density at radius 2 is 1.73 bits per heavy atom.